The topological polar surface area (TPSA) is 182 Å². The fourth-order valence-electron chi connectivity index (χ4n) is 4.89. The number of pyridine rings is 1. The average molecular weight is 649 g/mol. The van der Waals surface area contributed by atoms with Gasteiger partial charge in [-0.15, -0.1) is 0 Å². The Kier molecular flexibility index (Phi) is 17.9. The molecule has 46 heavy (non-hydrogen) atoms. The Morgan fingerprint density at radius 3 is 1.93 bits per heavy atom. The average Bonchev–Trinajstić information content (AvgIpc) is 3.00. The van der Waals surface area contributed by atoms with Gasteiger partial charge < -0.3 is 31.9 Å². The van der Waals surface area contributed by atoms with Gasteiger partial charge in [0.2, 0.25) is 36.0 Å². The molecule has 0 bridgehead atoms. The third-order valence-electron chi connectivity index (χ3n) is 7.83. The monoisotopic (exact) mass is 648 g/mol. The van der Waals surface area contributed by atoms with Crippen LogP contribution in [0.2, 0.25) is 0 Å². The summed E-state index contributed by atoms with van der Waals surface area (Å²) in [7, 11) is 0. The Labute approximate surface area is 274 Å². The van der Waals surface area contributed by atoms with Crippen LogP contribution in [0.5, 0.6) is 0 Å². The van der Waals surface area contributed by atoms with Gasteiger partial charge in [0.25, 0.3) is 5.91 Å². The van der Waals surface area contributed by atoms with Gasteiger partial charge in [-0.2, -0.15) is 0 Å². The lowest BCUT2D eigenvalue weighted by molar-refractivity contribution is -0.904. The second-order valence-corrected chi connectivity index (χ2v) is 12.7. The Balaban J connectivity index is 2.97. The molecule has 0 aromatic carbocycles. The maximum Gasteiger partial charge on any atom is 0.252 e. The smallest absolute Gasteiger partial charge is 0.252 e. The summed E-state index contributed by atoms with van der Waals surface area (Å²) in [6.07, 6.45) is 4.91. The largest absolute Gasteiger partial charge is 0.355 e. The van der Waals surface area contributed by atoms with Crippen LogP contribution in [0.15, 0.2) is 24.5 Å². The normalized spacial score (nSPS) is 15.2. The van der Waals surface area contributed by atoms with Crippen molar-refractivity contribution >= 4 is 29.5 Å². The molecule has 0 fully saturated rings. The second kappa shape index (κ2) is 20.4. The summed E-state index contributed by atoms with van der Waals surface area (Å²) < 4.78 is 0.817. The lowest BCUT2D eigenvalue weighted by Gasteiger charge is -2.29. The maximum absolute atomic E-state index is 13.5. The van der Waals surface area contributed by atoms with Crippen LogP contribution < -0.4 is 36.6 Å². The number of likely N-dealkylation sites (N-methyl/N-ethyl adjacent to an activating group) is 1. The van der Waals surface area contributed by atoms with E-state index >= 15 is 0 Å². The zero-order valence-corrected chi connectivity index (χ0v) is 29.1. The van der Waals surface area contributed by atoms with Crippen molar-refractivity contribution in [1.82, 2.24) is 31.9 Å². The standard InChI is InChI=1S/C33H57N7O6/c1-10-13-26(37-33(45)28(22(8)11-2)39-30(42)24-14-16-40(46)17-15-24)31(43)36-25(18-20(4)5)19-35-23(9)29(41)38-27(21(6)7)32(44)34-12-3/h14-17,20-23,25-28,35H,10-13,18-19H2,1-9H3,(H5-,34,36,37,38,39,41,42,43,44,45,46)/p+1/t22-,23-,25-,26-,27-,28-/m0/s1. The number of carbonyl (C=O) groups is 5. The van der Waals surface area contributed by atoms with Gasteiger partial charge in [-0.1, -0.05) is 61.3 Å². The number of hydrogen-bond acceptors (Lipinski definition) is 7. The molecule has 5 amide bonds. The molecule has 1 aromatic rings. The molecular formula is C33H58N7O6+. The third kappa shape index (κ3) is 13.7. The fraction of sp³-hybridized carbons (Fsp3) is 0.697. The van der Waals surface area contributed by atoms with Crippen molar-refractivity contribution < 1.29 is 33.9 Å². The van der Waals surface area contributed by atoms with Crippen molar-refractivity contribution in [3.8, 4) is 0 Å². The highest BCUT2D eigenvalue weighted by Crippen LogP contribution is 2.12. The van der Waals surface area contributed by atoms with E-state index in [-0.39, 0.29) is 47.1 Å². The number of nitrogens with one attached hydrogen (secondary N) is 6. The van der Waals surface area contributed by atoms with E-state index in [1.165, 1.54) is 24.5 Å². The van der Waals surface area contributed by atoms with E-state index in [0.29, 0.717) is 38.8 Å². The molecule has 0 radical (unpaired) electrons. The van der Waals surface area contributed by atoms with Crippen molar-refractivity contribution in [3.05, 3.63) is 30.1 Å². The molecule has 7 N–H and O–H groups in total. The van der Waals surface area contributed by atoms with Crippen LogP contribution in [0.4, 0.5) is 0 Å². The Morgan fingerprint density at radius 2 is 1.41 bits per heavy atom. The van der Waals surface area contributed by atoms with E-state index in [0.717, 1.165) is 4.73 Å². The molecule has 0 aliphatic heterocycles. The number of hydrogen-bond donors (Lipinski definition) is 7. The molecule has 0 saturated heterocycles. The number of rotatable bonds is 20. The number of nitrogens with zero attached hydrogens (tertiary/aromatic N) is 1. The molecular weight excluding hydrogens is 590 g/mol. The van der Waals surface area contributed by atoms with Crippen molar-refractivity contribution in [2.45, 2.75) is 118 Å². The van der Waals surface area contributed by atoms with Gasteiger partial charge in [-0.05, 0) is 44.4 Å². The summed E-state index contributed by atoms with van der Waals surface area (Å²) in [5.74, 6) is -1.90. The lowest BCUT2D eigenvalue weighted by Crippen LogP contribution is -2.58. The number of aromatic nitrogens is 1. The molecule has 13 heteroatoms. The highest BCUT2D eigenvalue weighted by atomic mass is 16.5. The first-order valence-corrected chi connectivity index (χ1v) is 16.6. The third-order valence-corrected chi connectivity index (χ3v) is 7.83. The van der Waals surface area contributed by atoms with Crippen LogP contribution >= 0.6 is 0 Å². The fourth-order valence-corrected chi connectivity index (χ4v) is 4.89. The lowest BCUT2D eigenvalue weighted by atomic mass is 9.97. The minimum Gasteiger partial charge on any atom is -0.355 e. The number of amides is 5. The highest BCUT2D eigenvalue weighted by Gasteiger charge is 2.31. The summed E-state index contributed by atoms with van der Waals surface area (Å²) in [5, 5.41) is 26.9. The Morgan fingerprint density at radius 1 is 0.783 bits per heavy atom. The SMILES string of the molecule is CCC[C@H](NC(=O)[C@@H](NC(=O)c1cc[n+](O)cc1)[C@@H](C)CC)C(=O)N[C@H](CN[C@@H](C)C(=O)N[C@H](C(=O)NCC)C(C)C)CC(C)C. The van der Waals surface area contributed by atoms with Gasteiger partial charge in [0.05, 0.1) is 11.6 Å². The quantitative estimate of drug-likeness (QED) is 0.0825. The van der Waals surface area contributed by atoms with E-state index in [4.69, 9.17) is 0 Å². The second-order valence-electron chi connectivity index (χ2n) is 12.7. The molecule has 1 rings (SSSR count). The van der Waals surface area contributed by atoms with Gasteiger partial charge in [0, 0.05) is 36.0 Å². The van der Waals surface area contributed by atoms with Crippen molar-refractivity contribution in [2.24, 2.45) is 17.8 Å². The van der Waals surface area contributed by atoms with Crippen LogP contribution in [-0.2, 0) is 19.2 Å². The molecule has 6 atom stereocenters. The van der Waals surface area contributed by atoms with E-state index in [2.05, 4.69) is 31.9 Å². The van der Waals surface area contributed by atoms with Crippen LogP contribution in [0.3, 0.4) is 0 Å². The zero-order valence-electron chi connectivity index (χ0n) is 29.1. The van der Waals surface area contributed by atoms with Gasteiger partial charge in [0.1, 0.15) is 18.1 Å². The predicted octanol–water partition coefficient (Wildman–Crippen LogP) is 1.43. The molecule has 0 aliphatic carbocycles. The zero-order chi connectivity index (χ0) is 35.0. The Hall–Kier alpha value is -3.74. The van der Waals surface area contributed by atoms with Gasteiger partial charge in [-0.25, -0.2) is 0 Å². The number of carbonyl (C=O) groups excluding carboxylic acids is 5. The molecule has 0 aliphatic rings. The van der Waals surface area contributed by atoms with E-state index in [1.54, 1.807) is 6.92 Å². The molecule has 1 heterocycles. The first-order valence-electron chi connectivity index (χ1n) is 16.6. The van der Waals surface area contributed by atoms with Crippen LogP contribution in [0, 0.1) is 17.8 Å². The molecule has 0 saturated carbocycles. The summed E-state index contributed by atoms with van der Waals surface area (Å²) in [6.45, 7) is 17.8. The van der Waals surface area contributed by atoms with Crippen LogP contribution in [0.25, 0.3) is 0 Å². The first-order chi connectivity index (χ1) is 21.6. The molecule has 0 unspecified atom stereocenters. The van der Waals surface area contributed by atoms with Crippen LogP contribution in [0.1, 0.15) is 98.4 Å². The first kappa shape index (κ1) is 40.3. The maximum atomic E-state index is 13.5. The molecule has 260 valence electrons. The van der Waals surface area contributed by atoms with Crippen molar-refractivity contribution in [2.75, 3.05) is 13.1 Å². The summed E-state index contributed by atoms with van der Waals surface area (Å²) in [5.41, 5.74) is 0.283. The van der Waals surface area contributed by atoms with E-state index in [9.17, 15) is 29.2 Å². The summed E-state index contributed by atoms with van der Waals surface area (Å²) in [6, 6.07) is -0.453. The predicted molar refractivity (Wildman–Crippen MR) is 176 cm³/mol. The highest BCUT2D eigenvalue weighted by molar-refractivity contribution is 5.98. The summed E-state index contributed by atoms with van der Waals surface area (Å²) in [4.78, 5) is 65.3. The van der Waals surface area contributed by atoms with Crippen molar-refractivity contribution in [1.29, 1.82) is 0 Å². The van der Waals surface area contributed by atoms with Crippen molar-refractivity contribution in [3.63, 3.8) is 0 Å². The van der Waals surface area contributed by atoms with Gasteiger partial charge in [-0.3, -0.25) is 29.2 Å². The van der Waals surface area contributed by atoms with E-state index < -0.39 is 36.0 Å². The minimum atomic E-state index is -0.882. The molecule has 13 nitrogen and oxygen atoms in total. The van der Waals surface area contributed by atoms with Gasteiger partial charge >= 0.3 is 0 Å². The Bertz CT molecular complexity index is 1130. The molecule has 1 aromatic heterocycles. The van der Waals surface area contributed by atoms with Crippen LogP contribution in [-0.4, -0.2) is 78.0 Å². The van der Waals surface area contributed by atoms with E-state index in [1.807, 2.05) is 55.4 Å². The minimum absolute atomic E-state index is 0.0958. The summed E-state index contributed by atoms with van der Waals surface area (Å²) >= 11 is 0. The molecule has 0 spiro atoms. The van der Waals surface area contributed by atoms with Gasteiger partial charge in [0.15, 0.2) is 0 Å².